The van der Waals surface area contributed by atoms with Crippen LogP contribution in [-0.4, -0.2) is 16.9 Å². The van der Waals surface area contributed by atoms with E-state index in [1.807, 2.05) is 6.07 Å². The van der Waals surface area contributed by atoms with E-state index in [0.717, 1.165) is 0 Å². The normalized spacial score (nSPS) is 10.0. The van der Waals surface area contributed by atoms with Crippen molar-refractivity contribution in [3.8, 4) is 6.07 Å². The molecule has 4 N–H and O–H groups in total. The molecule has 2 rings (SSSR count). The van der Waals surface area contributed by atoms with Crippen molar-refractivity contribution in [3.05, 3.63) is 52.3 Å². The fourth-order valence-electron chi connectivity index (χ4n) is 2.06. The summed E-state index contributed by atoms with van der Waals surface area (Å²) in [4.78, 5) is 16.3. The Morgan fingerprint density at radius 1 is 1.39 bits per heavy atom. The van der Waals surface area contributed by atoms with Crippen LogP contribution in [0.3, 0.4) is 0 Å². The molecule has 0 unspecified atom stereocenters. The van der Waals surface area contributed by atoms with E-state index < -0.39 is 11.9 Å². The topological polar surface area (TPSA) is 116 Å². The van der Waals surface area contributed by atoms with Crippen molar-refractivity contribution in [2.75, 3.05) is 11.1 Å². The Balaban J connectivity index is 2.34. The highest BCUT2D eigenvalue weighted by atomic mass is 19.1. The van der Waals surface area contributed by atoms with Crippen molar-refractivity contribution in [2.45, 2.75) is 13.8 Å². The highest BCUT2D eigenvalue weighted by Gasteiger charge is 2.16. The summed E-state index contributed by atoms with van der Waals surface area (Å²) in [5.41, 5.74) is 7.73. The number of hydrogen-bond donors (Lipinski definition) is 3. The largest absolute Gasteiger partial charge is 0.398 e. The fourth-order valence-corrected chi connectivity index (χ4v) is 2.06. The molecule has 0 aliphatic rings. The van der Waals surface area contributed by atoms with E-state index in [4.69, 9.17) is 16.4 Å². The highest BCUT2D eigenvalue weighted by molar-refractivity contribution is 6.05. The molecule has 0 fully saturated rings. The van der Waals surface area contributed by atoms with Gasteiger partial charge in [-0.2, -0.15) is 9.65 Å². The molecule has 1 amide bonds. The minimum absolute atomic E-state index is 0.0940. The molecular weight excluding hydrogens is 297 g/mol. The zero-order valence-electron chi connectivity index (χ0n) is 12.6. The van der Waals surface area contributed by atoms with Crippen molar-refractivity contribution < 1.29 is 9.18 Å². The van der Waals surface area contributed by atoms with E-state index in [-0.39, 0.29) is 16.9 Å². The lowest BCUT2D eigenvalue weighted by atomic mass is 10.0. The number of hydrogen-bond acceptors (Lipinski definition) is 5. The Labute approximate surface area is 132 Å². The van der Waals surface area contributed by atoms with Gasteiger partial charge in [0.25, 0.3) is 5.91 Å². The number of aromatic nitrogens is 1. The third-order valence-corrected chi connectivity index (χ3v) is 3.53. The van der Waals surface area contributed by atoms with Crippen LogP contribution in [0.25, 0.3) is 0 Å². The Morgan fingerprint density at radius 3 is 2.70 bits per heavy atom. The number of anilines is 2. The first-order valence-corrected chi connectivity index (χ1v) is 6.66. The fraction of sp³-hybridized carbons (Fsp3) is 0.125. The first-order valence-electron chi connectivity index (χ1n) is 6.66. The van der Waals surface area contributed by atoms with Gasteiger partial charge in [-0.3, -0.25) is 10.2 Å². The van der Waals surface area contributed by atoms with E-state index in [2.05, 4.69) is 10.3 Å². The molecule has 0 saturated carbocycles. The smallest absolute Gasteiger partial charge is 0.274 e. The number of carbonyl (C=O) groups is 1. The molecule has 0 bridgehead atoms. The predicted octanol–water partition coefficient (Wildman–Crippen LogP) is 2.70. The number of halogens is 1. The van der Waals surface area contributed by atoms with Crippen molar-refractivity contribution in [1.82, 2.24) is 4.98 Å². The van der Waals surface area contributed by atoms with Gasteiger partial charge in [-0.05, 0) is 43.2 Å². The van der Waals surface area contributed by atoms with Crippen LogP contribution >= 0.6 is 0 Å². The van der Waals surface area contributed by atoms with Gasteiger partial charge in [-0.1, -0.05) is 0 Å². The molecule has 0 aliphatic heterocycles. The number of pyridine rings is 1. The summed E-state index contributed by atoms with van der Waals surface area (Å²) in [6, 6.07) is 6.20. The number of nitriles is 1. The van der Waals surface area contributed by atoms with Crippen molar-refractivity contribution in [2.24, 2.45) is 0 Å². The quantitative estimate of drug-likeness (QED) is 0.597. The van der Waals surface area contributed by atoms with E-state index in [1.54, 1.807) is 13.8 Å². The number of amides is 1. The van der Waals surface area contributed by atoms with Gasteiger partial charge in [0.05, 0.1) is 11.1 Å². The summed E-state index contributed by atoms with van der Waals surface area (Å²) in [5, 5.41) is 18.6. The van der Waals surface area contributed by atoms with Gasteiger partial charge in [0.2, 0.25) is 5.97 Å². The number of nitrogens with one attached hydrogen (secondary N) is 2. The van der Waals surface area contributed by atoms with Gasteiger partial charge in [0.1, 0.15) is 11.8 Å². The third-order valence-electron chi connectivity index (χ3n) is 3.53. The summed E-state index contributed by atoms with van der Waals surface area (Å²) >= 11 is 0. The van der Waals surface area contributed by atoms with Gasteiger partial charge in [0, 0.05) is 17.6 Å². The number of nitrogen functional groups attached to an aromatic ring is 1. The first-order chi connectivity index (χ1) is 10.8. The second-order valence-corrected chi connectivity index (χ2v) is 4.95. The second-order valence-electron chi connectivity index (χ2n) is 4.95. The number of rotatable bonds is 3. The molecule has 0 aliphatic carbocycles. The van der Waals surface area contributed by atoms with Crippen molar-refractivity contribution >= 4 is 23.2 Å². The lowest BCUT2D eigenvalue weighted by Gasteiger charge is -2.11. The minimum Gasteiger partial charge on any atom is -0.398 e. The molecule has 1 heterocycles. The molecule has 0 atom stereocenters. The molecule has 7 heteroatoms. The van der Waals surface area contributed by atoms with Crippen LogP contribution in [-0.2, 0) is 0 Å². The summed E-state index contributed by atoms with van der Waals surface area (Å²) in [5.74, 6) is -1.67. The lowest BCUT2D eigenvalue weighted by molar-refractivity contribution is 0.102. The number of benzene rings is 1. The molecule has 6 nitrogen and oxygen atoms in total. The first kappa shape index (κ1) is 16.1. The van der Waals surface area contributed by atoms with E-state index >= 15 is 0 Å². The van der Waals surface area contributed by atoms with Crippen molar-refractivity contribution in [3.63, 3.8) is 0 Å². The van der Waals surface area contributed by atoms with Gasteiger partial charge >= 0.3 is 0 Å². The second kappa shape index (κ2) is 6.23. The maximum Gasteiger partial charge on any atom is 0.274 e. The van der Waals surface area contributed by atoms with Gasteiger partial charge in [-0.15, -0.1) is 0 Å². The summed E-state index contributed by atoms with van der Waals surface area (Å²) in [6.45, 7) is 3.43. The van der Waals surface area contributed by atoms with E-state index in [0.29, 0.717) is 22.4 Å². The summed E-state index contributed by atoms with van der Waals surface area (Å²) < 4.78 is 13.1. The molecule has 2 aromatic rings. The predicted molar refractivity (Wildman–Crippen MR) is 85.2 cm³/mol. The number of carbonyl (C=O) groups excluding carboxylic acids is 1. The van der Waals surface area contributed by atoms with Crippen LogP contribution in [0.5, 0.6) is 0 Å². The van der Waals surface area contributed by atoms with E-state index in [9.17, 15) is 9.18 Å². The Bertz CT molecular complexity index is 854. The van der Waals surface area contributed by atoms with Crippen LogP contribution in [0.1, 0.15) is 32.7 Å². The average molecular weight is 311 g/mol. The molecule has 116 valence electrons. The maximum atomic E-state index is 13.1. The van der Waals surface area contributed by atoms with Gasteiger partial charge in [0.15, 0.2) is 0 Å². The Hall–Kier alpha value is -3.27. The summed E-state index contributed by atoms with van der Waals surface area (Å²) in [6.07, 6.45) is 1.34. The highest BCUT2D eigenvalue weighted by Crippen LogP contribution is 2.21. The Morgan fingerprint density at radius 2 is 2.09 bits per heavy atom. The van der Waals surface area contributed by atoms with Crippen LogP contribution in [0, 0.1) is 30.6 Å². The number of nitrogens with zero attached hydrogens (tertiary/aromatic N) is 2. The summed E-state index contributed by atoms with van der Waals surface area (Å²) in [7, 11) is 0. The van der Waals surface area contributed by atoms with Crippen LogP contribution < -0.4 is 11.1 Å². The Kier molecular flexibility index (Phi) is 4.37. The SMILES string of the molecule is Cc1c(C#N)cnc(C(=O)Nc2ccc(N)c(C(=N)F)c2)c1C. The minimum atomic E-state index is -1.18. The monoisotopic (exact) mass is 311 g/mol. The van der Waals surface area contributed by atoms with Gasteiger partial charge in [-0.25, -0.2) is 4.98 Å². The molecule has 0 radical (unpaired) electrons. The van der Waals surface area contributed by atoms with Crippen LogP contribution in [0.2, 0.25) is 0 Å². The zero-order chi connectivity index (χ0) is 17.1. The average Bonchev–Trinajstić information content (AvgIpc) is 2.51. The molecule has 0 spiro atoms. The lowest BCUT2D eigenvalue weighted by Crippen LogP contribution is -2.16. The third kappa shape index (κ3) is 3.16. The van der Waals surface area contributed by atoms with E-state index in [1.165, 1.54) is 24.4 Å². The molecule has 0 saturated heterocycles. The standard InChI is InChI=1S/C16H14FN5O/c1-8-9(2)14(21-7-10(8)6-18)16(23)22-11-3-4-13(19)12(5-11)15(17)20/h3-5,7,20H,19H2,1-2H3,(H,22,23). The maximum absolute atomic E-state index is 13.1. The van der Waals surface area contributed by atoms with Crippen LogP contribution in [0.4, 0.5) is 15.8 Å². The van der Waals surface area contributed by atoms with Gasteiger partial charge < -0.3 is 11.1 Å². The molecule has 1 aromatic carbocycles. The van der Waals surface area contributed by atoms with Crippen LogP contribution in [0.15, 0.2) is 24.4 Å². The zero-order valence-corrected chi connectivity index (χ0v) is 12.6. The molecular formula is C16H14FN5O. The van der Waals surface area contributed by atoms with Crippen molar-refractivity contribution in [1.29, 1.82) is 10.7 Å². The molecule has 1 aromatic heterocycles. The molecule has 23 heavy (non-hydrogen) atoms. The number of nitrogens with two attached hydrogens (primary N) is 1.